The van der Waals surface area contributed by atoms with Crippen molar-refractivity contribution in [3.63, 3.8) is 0 Å². The molecule has 2 atom stereocenters. The van der Waals surface area contributed by atoms with Crippen LogP contribution in [0.25, 0.3) is 0 Å². The predicted octanol–water partition coefficient (Wildman–Crippen LogP) is 1.99. The molecule has 0 bridgehead atoms. The zero-order valence-corrected chi connectivity index (χ0v) is 11.1. The van der Waals surface area contributed by atoms with E-state index in [2.05, 4.69) is 0 Å². The summed E-state index contributed by atoms with van der Waals surface area (Å²) in [6.45, 7) is 2.20. The Bertz CT molecular complexity index is 493. The molecule has 0 unspecified atom stereocenters. The van der Waals surface area contributed by atoms with E-state index in [0.29, 0.717) is 18.6 Å². The summed E-state index contributed by atoms with van der Waals surface area (Å²) in [6, 6.07) is 5.61. The molecule has 2 rings (SSSR count). The molecule has 0 saturated heterocycles. The molecule has 1 aromatic rings. The molecule has 4 heteroatoms. The predicted molar refractivity (Wildman–Crippen MR) is 70.9 cm³/mol. The number of ether oxygens (including phenoxy) is 2. The van der Waals surface area contributed by atoms with Crippen molar-refractivity contribution in [2.45, 2.75) is 32.2 Å². The maximum absolute atomic E-state index is 11.8. The van der Waals surface area contributed by atoms with Crippen molar-refractivity contribution in [3.05, 3.63) is 47.0 Å². The lowest BCUT2D eigenvalue weighted by Crippen LogP contribution is -2.14. The van der Waals surface area contributed by atoms with Crippen LogP contribution in [0.3, 0.4) is 0 Å². The van der Waals surface area contributed by atoms with E-state index in [0.717, 1.165) is 11.1 Å². The van der Waals surface area contributed by atoms with Gasteiger partial charge < -0.3 is 14.6 Å². The van der Waals surface area contributed by atoms with Gasteiger partial charge in [0.15, 0.2) is 0 Å². The third-order valence-corrected chi connectivity index (χ3v) is 3.22. The van der Waals surface area contributed by atoms with Gasteiger partial charge in [-0.3, -0.25) is 0 Å². The fourth-order valence-corrected chi connectivity index (χ4v) is 2.21. The number of aliphatic hydroxyl groups excluding tert-OH is 1. The highest BCUT2D eigenvalue weighted by Crippen LogP contribution is 2.20. The lowest BCUT2D eigenvalue weighted by molar-refractivity contribution is 0.0489. The van der Waals surface area contributed by atoms with E-state index in [1.54, 1.807) is 6.08 Å². The average molecular weight is 262 g/mol. The van der Waals surface area contributed by atoms with Crippen molar-refractivity contribution < 1.29 is 19.4 Å². The fourth-order valence-electron chi connectivity index (χ4n) is 2.21. The number of rotatable bonds is 4. The second kappa shape index (κ2) is 5.99. The van der Waals surface area contributed by atoms with Gasteiger partial charge in [-0.25, -0.2) is 4.79 Å². The molecule has 0 aromatic heterocycles. The molecule has 0 aliphatic heterocycles. The van der Waals surface area contributed by atoms with E-state index < -0.39 is 6.10 Å². The standard InChI is InChI=1S/C15H18O4/c1-10-4-3-5-11(14(10)15(17)18-2)9-19-13-7-6-12(16)8-13/h3-7,12-13,16H,8-9H2,1-2H3/t12-,13+/m0/s1. The first-order valence-corrected chi connectivity index (χ1v) is 6.26. The minimum absolute atomic E-state index is 0.0963. The molecule has 0 spiro atoms. The molecular formula is C15H18O4. The van der Waals surface area contributed by atoms with Gasteiger partial charge in [-0.15, -0.1) is 0 Å². The maximum atomic E-state index is 11.8. The second-order valence-electron chi connectivity index (χ2n) is 4.64. The Morgan fingerprint density at radius 1 is 1.42 bits per heavy atom. The summed E-state index contributed by atoms with van der Waals surface area (Å²) in [4.78, 5) is 11.8. The van der Waals surface area contributed by atoms with Gasteiger partial charge >= 0.3 is 5.97 Å². The Kier molecular flexibility index (Phi) is 4.35. The van der Waals surface area contributed by atoms with Crippen LogP contribution in [-0.4, -0.2) is 30.4 Å². The van der Waals surface area contributed by atoms with Crippen LogP contribution < -0.4 is 0 Å². The van der Waals surface area contributed by atoms with E-state index in [4.69, 9.17) is 9.47 Å². The van der Waals surface area contributed by atoms with Gasteiger partial charge in [0.2, 0.25) is 0 Å². The molecule has 19 heavy (non-hydrogen) atoms. The number of aryl methyl sites for hydroxylation is 1. The monoisotopic (exact) mass is 262 g/mol. The van der Waals surface area contributed by atoms with Gasteiger partial charge in [0.05, 0.1) is 31.5 Å². The highest BCUT2D eigenvalue weighted by atomic mass is 16.5. The Labute approximate surface area is 112 Å². The number of esters is 1. The lowest BCUT2D eigenvalue weighted by atomic mass is 10.0. The van der Waals surface area contributed by atoms with Gasteiger partial charge in [0.1, 0.15) is 0 Å². The van der Waals surface area contributed by atoms with Gasteiger partial charge in [0, 0.05) is 6.42 Å². The number of methoxy groups -OCH3 is 1. The Hall–Kier alpha value is -1.65. The summed E-state index contributed by atoms with van der Waals surface area (Å²) in [7, 11) is 1.37. The number of aliphatic hydroxyl groups is 1. The van der Waals surface area contributed by atoms with Gasteiger partial charge in [-0.1, -0.05) is 30.4 Å². The van der Waals surface area contributed by atoms with Crippen molar-refractivity contribution in [1.82, 2.24) is 0 Å². The van der Waals surface area contributed by atoms with E-state index in [9.17, 15) is 9.90 Å². The summed E-state index contributed by atoms with van der Waals surface area (Å²) in [5, 5.41) is 9.38. The Morgan fingerprint density at radius 2 is 2.21 bits per heavy atom. The topological polar surface area (TPSA) is 55.8 Å². The third kappa shape index (κ3) is 3.22. The first kappa shape index (κ1) is 13.8. The van der Waals surface area contributed by atoms with E-state index in [1.807, 2.05) is 31.2 Å². The van der Waals surface area contributed by atoms with Crippen LogP contribution in [0.1, 0.15) is 27.9 Å². The average Bonchev–Trinajstić information content (AvgIpc) is 2.81. The maximum Gasteiger partial charge on any atom is 0.338 e. The molecule has 0 heterocycles. The van der Waals surface area contributed by atoms with Crippen LogP contribution >= 0.6 is 0 Å². The molecule has 102 valence electrons. The van der Waals surface area contributed by atoms with Gasteiger partial charge in [0.25, 0.3) is 0 Å². The molecule has 1 aliphatic carbocycles. The Balaban J connectivity index is 2.10. The van der Waals surface area contributed by atoms with Crippen LogP contribution in [0.15, 0.2) is 30.4 Å². The zero-order valence-electron chi connectivity index (χ0n) is 11.1. The first-order valence-electron chi connectivity index (χ1n) is 6.26. The van der Waals surface area contributed by atoms with Crippen LogP contribution in [-0.2, 0) is 16.1 Å². The molecule has 1 aromatic carbocycles. The fraction of sp³-hybridized carbons (Fsp3) is 0.400. The highest BCUT2D eigenvalue weighted by Gasteiger charge is 2.19. The largest absolute Gasteiger partial charge is 0.465 e. The minimum Gasteiger partial charge on any atom is -0.465 e. The second-order valence-corrected chi connectivity index (χ2v) is 4.64. The first-order chi connectivity index (χ1) is 9.11. The molecule has 0 saturated carbocycles. The van der Waals surface area contributed by atoms with Gasteiger partial charge in [-0.05, 0) is 18.1 Å². The third-order valence-electron chi connectivity index (χ3n) is 3.22. The van der Waals surface area contributed by atoms with Crippen LogP contribution in [0, 0.1) is 6.92 Å². The van der Waals surface area contributed by atoms with E-state index in [1.165, 1.54) is 7.11 Å². The summed E-state index contributed by atoms with van der Waals surface area (Å²) in [5.41, 5.74) is 2.24. The number of carbonyl (C=O) groups is 1. The molecule has 0 radical (unpaired) electrons. The summed E-state index contributed by atoms with van der Waals surface area (Å²) < 4.78 is 10.5. The van der Waals surface area contributed by atoms with Crippen molar-refractivity contribution in [3.8, 4) is 0 Å². The van der Waals surface area contributed by atoms with Crippen LogP contribution in [0.2, 0.25) is 0 Å². The molecular weight excluding hydrogens is 244 g/mol. The summed E-state index contributed by atoms with van der Waals surface area (Å²) in [6.07, 6.45) is 3.61. The number of benzene rings is 1. The van der Waals surface area contributed by atoms with Crippen molar-refractivity contribution in [2.75, 3.05) is 7.11 Å². The smallest absolute Gasteiger partial charge is 0.338 e. The highest BCUT2D eigenvalue weighted by molar-refractivity contribution is 5.92. The molecule has 0 fully saturated rings. The SMILES string of the molecule is COC(=O)c1c(C)cccc1CO[C@@H]1C=C[C@H](O)C1. The zero-order chi connectivity index (χ0) is 13.8. The molecule has 4 nitrogen and oxygen atoms in total. The normalized spacial score (nSPS) is 21.6. The van der Waals surface area contributed by atoms with Crippen molar-refractivity contribution >= 4 is 5.97 Å². The van der Waals surface area contributed by atoms with Gasteiger partial charge in [-0.2, -0.15) is 0 Å². The molecule has 0 amide bonds. The summed E-state index contributed by atoms with van der Waals surface area (Å²) >= 11 is 0. The quantitative estimate of drug-likeness (QED) is 0.666. The Morgan fingerprint density at radius 3 is 2.84 bits per heavy atom. The van der Waals surface area contributed by atoms with Crippen LogP contribution in [0.4, 0.5) is 0 Å². The van der Waals surface area contributed by atoms with Crippen molar-refractivity contribution in [1.29, 1.82) is 0 Å². The number of carbonyl (C=O) groups excluding carboxylic acids is 1. The van der Waals surface area contributed by atoms with Crippen LogP contribution in [0.5, 0.6) is 0 Å². The lowest BCUT2D eigenvalue weighted by Gasteiger charge is -2.14. The molecule has 1 N–H and O–H groups in total. The van der Waals surface area contributed by atoms with E-state index >= 15 is 0 Å². The minimum atomic E-state index is -0.428. The number of hydrogen-bond acceptors (Lipinski definition) is 4. The van der Waals surface area contributed by atoms with E-state index in [-0.39, 0.29) is 12.1 Å². The molecule has 1 aliphatic rings. The van der Waals surface area contributed by atoms with Crippen molar-refractivity contribution in [2.24, 2.45) is 0 Å². The number of hydrogen-bond donors (Lipinski definition) is 1. The summed E-state index contributed by atoms with van der Waals surface area (Å²) in [5.74, 6) is -0.348.